The minimum absolute atomic E-state index is 0.159. The molecule has 0 aliphatic rings. The summed E-state index contributed by atoms with van der Waals surface area (Å²) in [6.45, 7) is 4.91. The molecule has 1 rings (SSSR count). The third kappa shape index (κ3) is 4.02. The van der Waals surface area contributed by atoms with Crippen LogP contribution in [-0.4, -0.2) is 28.9 Å². The smallest absolute Gasteiger partial charge is 0.307 e. The van der Waals surface area contributed by atoms with Gasteiger partial charge in [0, 0.05) is 31.4 Å². The number of hydrogen-bond acceptors (Lipinski definition) is 4. The van der Waals surface area contributed by atoms with Crippen LogP contribution in [0.2, 0.25) is 0 Å². The molecule has 1 aromatic rings. The SMILES string of the molecule is CCOC(=O)CCNC(C)c1cnn(C)c1. The fourth-order valence-corrected chi connectivity index (χ4v) is 1.41. The summed E-state index contributed by atoms with van der Waals surface area (Å²) in [5, 5.41) is 7.34. The van der Waals surface area contributed by atoms with Crippen LogP contribution in [0.15, 0.2) is 12.4 Å². The van der Waals surface area contributed by atoms with E-state index in [1.807, 2.05) is 33.3 Å². The van der Waals surface area contributed by atoms with Crippen LogP contribution in [0.3, 0.4) is 0 Å². The Morgan fingerprint density at radius 2 is 2.44 bits per heavy atom. The van der Waals surface area contributed by atoms with E-state index in [2.05, 4.69) is 10.4 Å². The zero-order valence-corrected chi connectivity index (χ0v) is 10.1. The van der Waals surface area contributed by atoms with Crippen LogP contribution in [0, 0.1) is 0 Å². The summed E-state index contributed by atoms with van der Waals surface area (Å²) in [6, 6.07) is 0.197. The standard InChI is InChI=1S/C11H19N3O2/c1-4-16-11(15)5-6-12-9(2)10-7-13-14(3)8-10/h7-9,12H,4-6H2,1-3H3. The number of nitrogens with one attached hydrogen (secondary N) is 1. The molecule has 0 spiro atoms. The highest BCUT2D eigenvalue weighted by Crippen LogP contribution is 2.09. The van der Waals surface area contributed by atoms with Crippen molar-refractivity contribution < 1.29 is 9.53 Å². The Hall–Kier alpha value is -1.36. The number of rotatable bonds is 6. The second-order valence-corrected chi connectivity index (χ2v) is 3.68. The molecule has 0 bridgehead atoms. The summed E-state index contributed by atoms with van der Waals surface area (Å²) in [5.74, 6) is -0.159. The van der Waals surface area contributed by atoms with Crippen molar-refractivity contribution in [3.8, 4) is 0 Å². The molecule has 0 aliphatic carbocycles. The van der Waals surface area contributed by atoms with E-state index >= 15 is 0 Å². The molecule has 1 N–H and O–H groups in total. The molecule has 0 fully saturated rings. The van der Waals surface area contributed by atoms with E-state index in [1.54, 1.807) is 4.68 Å². The first-order valence-electron chi connectivity index (χ1n) is 5.51. The second-order valence-electron chi connectivity index (χ2n) is 3.68. The molecule has 1 unspecified atom stereocenters. The summed E-state index contributed by atoms with van der Waals surface area (Å²) >= 11 is 0. The molecule has 1 aromatic heterocycles. The average molecular weight is 225 g/mol. The van der Waals surface area contributed by atoms with Crippen molar-refractivity contribution in [2.24, 2.45) is 7.05 Å². The van der Waals surface area contributed by atoms with Gasteiger partial charge in [0.15, 0.2) is 0 Å². The molecule has 90 valence electrons. The molecule has 0 saturated carbocycles. The summed E-state index contributed by atoms with van der Waals surface area (Å²) in [5.41, 5.74) is 1.12. The normalized spacial score (nSPS) is 12.4. The average Bonchev–Trinajstić information content (AvgIpc) is 2.65. The van der Waals surface area contributed by atoms with Crippen LogP contribution in [0.1, 0.15) is 31.9 Å². The van der Waals surface area contributed by atoms with E-state index in [0.29, 0.717) is 19.6 Å². The van der Waals surface area contributed by atoms with Gasteiger partial charge in [-0.1, -0.05) is 0 Å². The number of ether oxygens (including phenoxy) is 1. The van der Waals surface area contributed by atoms with Gasteiger partial charge in [-0.05, 0) is 13.8 Å². The zero-order chi connectivity index (χ0) is 12.0. The van der Waals surface area contributed by atoms with E-state index in [4.69, 9.17) is 4.74 Å². The Morgan fingerprint density at radius 3 is 3.00 bits per heavy atom. The largest absolute Gasteiger partial charge is 0.466 e. The Kier molecular flexibility index (Phi) is 4.98. The lowest BCUT2D eigenvalue weighted by Gasteiger charge is -2.11. The highest BCUT2D eigenvalue weighted by molar-refractivity contribution is 5.69. The third-order valence-corrected chi connectivity index (χ3v) is 2.31. The maximum atomic E-state index is 11.1. The van der Waals surface area contributed by atoms with E-state index in [0.717, 1.165) is 5.56 Å². The lowest BCUT2D eigenvalue weighted by Crippen LogP contribution is -2.22. The molecule has 0 amide bonds. The summed E-state index contributed by atoms with van der Waals surface area (Å²) < 4.78 is 6.60. The number of esters is 1. The monoisotopic (exact) mass is 225 g/mol. The number of hydrogen-bond donors (Lipinski definition) is 1. The molecule has 5 nitrogen and oxygen atoms in total. The summed E-state index contributed by atoms with van der Waals surface area (Å²) in [7, 11) is 1.88. The van der Waals surface area contributed by atoms with E-state index < -0.39 is 0 Å². The molecule has 0 saturated heterocycles. The number of nitrogens with zero attached hydrogens (tertiary/aromatic N) is 2. The van der Waals surface area contributed by atoms with Crippen LogP contribution >= 0.6 is 0 Å². The van der Waals surface area contributed by atoms with Gasteiger partial charge < -0.3 is 10.1 Å². The highest BCUT2D eigenvalue weighted by Gasteiger charge is 2.07. The number of aromatic nitrogens is 2. The number of aryl methyl sites for hydroxylation is 1. The minimum Gasteiger partial charge on any atom is -0.466 e. The number of carbonyl (C=O) groups is 1. The molecule has 5 heteroatoms. The predicted octanol–water partition coefficient (Wildman–Crippen LogP) is 1.02. The lowest BCUT2D eigenvalue weighted by atomic mass is 10.2. The lowest BCUT2D eigenvalue weighted by molar-refractivity contribution is -0.143. The van der Waals surface area contributed by atoms with Crippen LogP contribution in [-0.2, 0) is 16.6 Å². The van der Waals surface area contributed by atoms with E-state index in [9.17, 15) is 4.79 Å². The molecule has 0 radical (unpaired) electrons. The van der Waals surface area contributed by atoms with Gasteiger partial charge in [0.1, 0.15) is 0 Å². The van der Waals surface area contributed by atoms with Crippen molar-refractivity contribution in [2.45, 2.75) is 26.3 Å². The van der Waals surface area contributed by atoms with E-state index in [1.165, 1.54) is 0 Å². The van der Waals surface area contributed by atoms with Gasteiger partial charge in [-0.3, -0.25) is 9.48 Å². The van der Waals surface area contributed by atoms with Crippen molar-refractivity contribution in [2.75, 3.05) is 13.2 Å². The van der Waals surface area contributed by atoms with Gasteiger partial charge in [-0.15, -0.1) is 0 Å². The molecular formula is C11H19N3O2. The maximum Gasteiger partial charge on any atom is 0.307 e. The molecule has 1 heterocycles. The van der Waals surface area contributed by atoms with Gasteiger partial charge in [0.25, 0.3) is 0 Å². The Labute approximate surface area is 95.8 Å². The van der Waals surface area contributed by atoms with Crippen molar-refractivity contribution in [3.63, 3.8) is 0 Å². The Balaban J connectivity index is 2.25. The van der Waals surface area contributed by atoms with Gasteiger partial charge >= 0.3 is 5.97 Å². The fourth-order valence-electron chi connectivity index (χ4n) is 1.41. The second kappa shape index (κ2) is 6.27. The maximum absolute atomic E-state index is 11.1. The van der Waals surface area contributed by atoms with Crippen molar-refractivity contribution in [1.82, 2.24) is 15.1 Å². The first kappa shape index (κ1) is 12.7. The first-order chi connectivity index (χ1) is 7.63. The molecule has 16 heavy (non-hydrogen) atoms. The van der Waals surface area contributed by atoms with E-state index in [-0.39, 0.29) is 12.0 Å². The highest BCUT2D eigenvalue weighted by atomic mass is 16.5. The number of carbonyl (C=O) groups excluding carboxylic acids is 1. The Bertz CT molecular complexity index is 336. The molecule has 1 atom stereocenters. The van der Waals surface area contributed by atoms with Crippen LogP contribution in [0.25, 0.3) is 0 Å². The summed E-state index contributed by atoms with van der Waals surface area (Å²) in [4.78, 5) is 11.1. The predicted molar refractivity (Wildman–Crippen MR) is 60.9 cm³/mol. The van der Waals surface area contributed by atoms with Crippen LogP contribution < -0.4 is 5.32 Å². The fraction of sp³-hybridized carbons (Fsp3) is 0.636. The van der Waals surface area contributed by atoms with Crippen LogP contribution in [0.4, 0.5) is 0 Å². The van der Waals surface area contributed by atoms with Gasteiger partial charge in [-0.2, -0.15) is 5.10 Å². The van der Waals surface area contributed by atoms with Gasteiger partial charge in [0.2, 0.25) is 0 Å². The van der Waals surface area contributed by atoms with Crippen LogP contribution in [0.5, 0.6) is 0 Å². The molecule has 0 aromatic carbocycles. The van der Waals surface area contributed by atoms with Gasteiger partial charge in [-0.25, -0.2) is 0 Å². The topological polar surface area (TPSA) is 56.1 Å². The van der Waals surface area contributed by atoms with Crippen molar-refractivity contribution >= 4 is 5.97 Å². The Morgan fingerprint density at radius 1 is 1.69 bits per heavy atom. The summed E-state index contributed by atoms with van der Waals surface area (Å²) in [6.07, 6.45) is 4.18. The van der Waals surface area contributed by atoms with Gasteiger partial charge in [0.05, 0.1) is 19.2 Å². The third-order valence-electron chi connectivity index (χ3n) is 2.31. The van der Waals surface area contributed by atoms with Crippen molar-refractivity contribution in [1.29, 1.82) is 0 Å². The molecular weight excluding hydrogens is 206 g/mol. The molecule has 0 aliphatic heterocycles. The first-order valence-corrected chi connectivity index (χ1v) is 5.51. The quantitative estimate of drug-likeness (QED) is 0.734. The zero-order valence-electron chi connectivity index (χ0n) is 10.1. The van der Waals surface area contributed by atoms with Crippen molar-refractivity contribution in [3.05, 3.63) is 18.0 Å². The minimum atomic E-state index is -0.159.